The number of anilines is 2. The van der Waals surface area contributed by atoms with Crippen LogP contribution >= 0.6 is 0 Å². The number of halogens is 2. The van der Waals surface area contributed by atoms with Crippen LogP contribution in [0, 0.1) is 6.92 Å². The minimum atomic E-state index is -3.59. The summed E-state index contributed by atoms with van der Waals surface area (Å²) in [7, 11) is 0. The number of hydrogen-bond acceptors (Lipinski definition) is 2. The Morgan fingerprint density at radius 2 is 1.50 bits per heavy atom. The van der Waals surface area contributed by atoms with Crippen LogP contribution in [0.4, 0.5) is 20.2 Å². The summed E-state index contributed by atoms with van der Waals surface area (Å²) in [6.45, 7) is 1.98. The van der Waals surface area contributed by atoms with E-state index in [4.69, 9.17) is 0 Å². The van der Waals surface area contributed by atoms with E-state index in [1.54, 1.807) is 16.9 Å². The summed E-state index contributed by atoms with van der Waals surface area (Å²) in [4.78, 5) is 13.9. The van der Waals surface area contributed by atoms with Crippen LogP contribution in [0.1, 0.15) is 11.1 Å². The predicted octanol–water partition coefficient (Wildman–Crippen LogP) is 5.62. The SMILES string of the molecule is Cc1ccc(-n2cc(N3C(=O)C(F)(F)c4ccccc43)c(-c3ccccc3)n2)cc1. The number of aromatic nitrogens is 2. The molecule has 2 heterocycles. The predicted molar refractivity (Wildman–Crippen MR) is 111 cm³/mol. The largest absolute Gasteiger partial charge is 0.352 e. The van der Waals surface area contributed by atoms with E-state index in [1.807, 2.05) is 61.5 Å². The van der Waals surface area contributed by atoms with Crippen molar-refractivity contribution in [3.63, 3.8) is 0 Å². The van der Waals surface area contributed by atoms with Crippen molar-refractivity contribution in [3.8, 4) is 16.9 Å². The first-order chi connectivity index (χ1) is 14.5. The smallest absolute Gasteiger partial charge is 0.271 e. The molecule has 0 N–H and O–H groups in total. The Bertz CT molecular complexity index is 1250. The highest BCUT2D eigenvalue weighted by molar-refractivity contribution is 6.12. The minimum Gasteiger partial charge on any atom is -0.271 e. The first-order valence-electron chi connectivity index (χ1n) is 9.51. The van der Waals surface area contributed by atoms with Gasteiger partial charge in [-0.25, -0.2) is 4.68 Å². The summed E-state index contributed by atoms with van der Waals surface area (Å²) in [5.74, 6) is -4.86. The second kappa shape index (κ2) is 6.62. The lowest BCUT2D eigenvalue weighted by molar-refractivity contribution is -0.140. The Kier molecular flexibility index (Phi) is 4.03. The third-order valence-corrected chi connectivity index (χ3v) is 5.24. The molecule has 0 fully saturated rings. The molecule has 0 radical (unpaired) electrons. The quantitative estimate of drug-likeness (QED) is 0.447. The van der Waals surface area contributed by atoms with Gasteiger partial charge in [-0.05, 0) is 25.1 Å². The van der Waals surface area contributed by atoms with Crippen molar-refractivity contribution < 1.29 is 13.6 Å². The number of alkyl halides is 2. The van der Waals surface area contributed by atoms with Gasteiger partial charge in [-0.15, -0.1) is 0 Å². The van der Waals surface area contributed by atoms with Gasteiger partial charge in [0.05, 0.1) is 28.8 Å². The average molecular weight is 401 g/mol. The van der Waals surface area contributed by atoms with Crippen molar-refractivity contribution in [2.24, 2.45) is 0 Å². The molecule has 148 valence electrons. The third kappa shape index (κ3) is 2.72. The third-order valence-electron chi connectivity index (χ3n) is 5.24. The van der Waals surface area contributed by atoms with E-state index >= 15 is 0 Å². The fourth-order valence-corrected chi connectivity index (χ4v) is 3.70. The highest BCUT2D eigenvalue weighted by Gasteiger charge is 2.54. The standard InChI is InChI=1S/C24H17F2N3O/c1-16-11-13-18(14-12-16)28-15-21(22(27-28)17-7-3-2-4-8-17)29-20-10-6-5-9-19(20)24(25,26)23(29)30/h2-15H,1H3. The molecule has 1 amide bonds. The molecule has 0 unspecified atom stereocenters. The molecule has 30 heavy (non-hydrogen) atoms. The van der Waals surface area contributed by atoms with Crippen LogP contribution in [0.5, 0.6) is 0 Å². The van der Waals surface area contributed by atoms with Crippen molar-refractivity contribution in [3.05, 3.63) is 96.2 Å². The van der Waals surface area contributed by atoms with Crippen LogP contribution < -0.4 is 4.90 Å². The Morgan fingerprint density at radius 1 is 0.833 bits per heavy atom. The van der Waals surface area contributed by atoms with Crippen LogP contribution in [0.2, 0.25) is 0 Å². The number of nitrogens with zero attached hydrogens (tertiary/aromatic N) is 3. The summed E-state index contributed by atoms with van der Waals surface area (Å²) in [5, 5.41) is 4.66. The van der Waals surface area contributed by atoms with E-state index in [-0.39, 0.29) is 11.3 Å². The average Bonchev–Trinajstić information content (AvgIpc) is 3.27. The molecule has 3 aromatic carbocycles. The van der Waals surface area contributed by atoms with Gasteiger partial charge in [0, 0.05) is 5.56 Å². The number of aryl methyl sites for hydroxylation is 1. The molecule has 0 aliphatic carbocycles. The van der Waals surface area contributed by atoms with Crippen molar-refractivity contribution in [1.82, 2.24) is 9.78 Å². The Hall–Kier alpha value is -3.80. The summed E-state index contributed by atoms with van der Waals surface area (Å²) in [6, 6.07) is 22.9. The van der Waals surface area contributed by atoms with E-state index in [9.17, 15) is 13.6 Å². The van der Waals surface area contributed by atoms with E-state index in [1.165, 1.54) is 18.2 Å². The molecular formula is C24H17F2N3O. The van der Waals surface area contributed by atoms with Crippen LogP contribution in [0.25, 0.3) is 16.9 Å². The van der Waals surface area contributed by atoms with E-state index in [0.29, 0.717) is 11.4 Å². The molecule has 1 aromatic heterocycles. The number of fused-ring (bicyclic) bond motifs is 1. The van der Waals surface area contributed by atoms with Gasteiger partial charge in [0.1, 0.15) is 5.69 Å². The maximum Gasteiger partial charge on any atom is 0.352 e. The van der Waals surface area contributed by atoms with Crippen molar-refractivity contribution in [1.29, 1.82) is 0 Å². The lowest BCUT2D eigenvalue weighted by Crippen LogP contribution is -2.31. The second-order valence-corrected chi connectivity index (χ2v) is 7.24. The highest BCUT2D eigenvalue weighted by atomic mass is 19.3. The molecule has 0 saturated heterocycles. The zero-order valence-electron chi connectivity index (χ0n) is 16.1. The fourth-order valence-electron chi connectivity index (χ4n) is 3.70. The molecule has 1 aliphatic rings. The van der Waals surface area contributed by atoms with Gasteiger partial charge in [0.15, 0.2) is 0 Å². The van der Waals surface area contributed by atoms with Gasteiger partial charge >= 0.3 is 11.8 Å². The van der Waals surface area contributed by atoms with Gasteiger partial charge in [-0.3, -0.25) is 9.69 Å². The summed E-state index contributed by atoms with van der Waals surface area (Å²) < 4.78 is 31.1. The molecule has 0 spiro atoms. The molecule has 0 atom stereocenters. The number of para-hydroxylation sites is 1. The lowest BCUT2D eigenvalue weighted by Gasteiger charge is -2.17. The molecule has 0 bridgehead atoms. The number of carbonyl (C=O) groups excluding carboxylic acids is 1. The van der Waals surface area contributed by atoms with Gasteiger partial charge in [-0.1, -0.05) is 66.2 Å². The molecular weight excluding hydrogens is 384 g/mol. The first kappa shape index (κ1) is 18.2. The van der Waals surface area contributed by atoms with Gasteiger partial charge < -0.3 is 0 Å². The molecule has 1 aliphatic heterocycles. The van der Waals surface area contributed by atoms with Crippen molar-refractivity contribution >= 4 is 17.3 Å². The Morgan fingerprint density at radius 3 is 2.23 bits per heavy atom. The monoisotopic (exact) mass is 401 g/mol. The number of hydrogen-bond donors (Lipinski definition) is 0. The van der Waals surface area contributed by atoms with Crippen LogP contribution in [0.3, 0.4) is 0 Å². The minimum absolute atomic E-state index is 0.174. The molecule has 6 heteroatoms. The van der Waals surface area contributed by atoms with E-state index in [0.717, 1.165) is 21.7 Å². The number of carbonyl (C=O) groups is 1. The van der Waals surface area contributed by atoms with Crippen LogP contribution in [-0.4, -0.2) is 15.7 Å². The number of benzene rings is 3. The second-order valence-electron chi connectivity index (χ2n) is 7.24. The maximum atomic E-state index is 14.8. The number of amides is 1. The van der Waals surface area contributed by atoms with Crippen molar-refractivity contribution in [2.45, 2.75) is 12.8 Å². The van der Waals surface area contributed by atoms with E-state index in [2.05, 4.69) is 5.10 Å². The zero-order chi connectivity index (χ0) is 20.9. The van der Waals surface area contributed by atoms with Gasteiger partial charge in [0.25, 0.3) is 0 Å². The highest BCUT2D eigenvalue weighted by Crippen LogP contribution is 2.49. The summed E-state index contributed by atoms with van der Waals surface area (Å²) >= 11 is 0. The number of rotatable bonds is 3. The lowest BCUT2D eigenvalue weighted by atomic mass is 10.1. The van der Waals surface area contributed by atoms with Crippen LogP contribution in [0.15, 0.2) is 85.1 Å². The molecule has 0 saturated carbocycles. The van der Waals surface area contributed by atoms with E-state index < -0.39 is 11.8 Å². The Labute approximate surface area is 172 Å². The zero-order valence-corrected chi connectivity index (χ0v) is 16.1. The van der Waals surface area contributed by atoms with Gasteiger partial charge in [-0.2, -0.15) is 13.9 Å². The summed E-state index contributed by atoms with van der Waals surface area (Å²) in [5.41, 5.74) is 3.26. The first-order valence-corrected chi connectivity index (χ1v) is 9.51. The molecule has 4 nitrogen and oxygen atoms in total. The fraction of sp³-hybridized carbons (Fsp3) is 0.0833. The van der Waals surface area contributed by atoms with Crippen molar-refractivity contribution in [2.75, 3.05) is 4.90 Å². The van der Waals surface area contributed by atoms with Crippen LogP contribution in [-0.2, 0) is 10.7 Å². The molecule has 5 rings (SSSR count). The van der Waals surface area contributed by atoms with Gasteiger partial charge in [0.2, 0.25) is 0 Å². The molecule has 4 aromatic rings. The summed E-state index contributed by atoms with van der Waals surface area (Å²) in [6.07, 6.45) is 1.63. The maximum absolute atomic E-state index is 14.8. The normalized spacial score (nSPS) is 14.8. The Balaban J connectivity index is 1.74. The topological polar surface area (TPSA) is 38.1 Å².